The van der Waals surface area contributed by atoms with Crippen LogP contribution < -0.4 is 10.6 Å². The summed E-state index contributed by atoms with van der Waals surface area (Å²) in [5.74, 6) is 0.678. The van der Waals surface area contributed by atoms with Crippen LogP contribution in [0.2, 0.25) is 5.02 Å². The van der Waals surface area contributed by atoms with E-state index < -0.39 is 0 Å². The van der Waals surface area contributed by atoms with E-state index in [0.717, 1.165) is 35.4 Å². The lowest BCUT2D eigenvalue weighted by atomic mass is 10.0. The zero-order valence-corrected chi connectivity index (χ0v) is 17.4. The van der Waals surface area contributed by atoms with E-state index in [1.807, 2.05) is 37.3 Å². The monoisotopic (exact) mass is 412 g/mol. The van der Waals surface area contributed by atoms with Crippen LogP contribution in [0.4, 0.5) is 0 Å². The number of imidazole rings is 1. The first kappa shape index (κ1) is 20.9. The summed E-state index contributed by atoms with van der Waals surface area (Å²) >= 11 is 5.93. The van der Waals surface area contributed by atoms with E-state index in [4.69, 9.17) is 11.6 Å². The average Bonchev–Trinajstić information content (AvgIpc) is 3.00. The minimum absolute atomic E-state index is 0.106. The Balaban J connectivity index is 1.53. The molecule has 1 unspecified atom stereocenters. The molecule has 1 atom stereocenters. The van der Waals surface area contributed by atoms with Crippen molar-refractivity contribution in [2.24, 2.45) is 0 Å². The maximum absolute atomic E-state index is 12.4. The van der Waals surface area contributed by atoms with Gasteiger partial charge in [-0.2, -0.15) is 0 Å². The van der Waals surface area contributed by atoms with Gasteiger partial charge in [0.15, 0.2) is 0 Å². The summed E-state index contributed by atoms with van der Waals surface area (Å²) in [6, 6.07) is 14.8. The number of aromatic nitrogens is 2. The molecular weight excluding hydrogens is 388 g/mol. The van der Waals surface area contributed by atoms with E-state index in [0.29, 0.717) is 11.6 Å². The van der Waals surface area contributed by atoms with Crippen molar-refractivity contribution >= 4 is 34.4 Å². The zero-order chi connectivity index (χ0) is 20.8. The fourth-order valence-corrected chi connectivity index (χ4v) is 3.52. The van der Waals surface area contributed by atoms with Gasteiger partial charge in [-0.05, 0) is 43.2 Å². The molecule has 6 nitrogen and oxygen atoms in total. The Labute approximate surface area is 175 Å². The van der Waals surface area contributed by atoms with Crippen molar-refractivity contribution in [2.45, 2.75) is 39.3 Å². The summed E-state index contributed by atoms with van der Waals surface area (Å²) in [6.07, 6.45) is 0.965. The molecule has 2 N–H and O–H groups in total. The molecule has 3 aromatic rings. The average molecular weight is 413 g/mol. The fraction of sp³-hybridized carbons (Fsp3) is 0.318. The first-order valence-corrected chi connectivity index (χ1v) is 10.0. The van der Waals surface area contributed by atoms with E-state index in [-0.39, 0.29) is 24.3 Å². The van der Waals surface area contributed by atoms with Gasteiger partial charge in [-0.1, -0.05) is 35.9 Å². The number of hydrogen-bond donors (Lipinski definition) is 2. The number of para-hydroxylation sites is 2. The third kappa shape index (κ3) is 5.57. The number of nitrogens with one attached hydrogen (secondary N) is 2. The highest BCUT2D eigenvalue weighted by Crippen LogP contribution is 2.20. The van der Waals surface area contributed by atoms with Crippen molar-refractivity contribution in [3.05, 3.63) is 64.9 Å². The Kier molecular flexibility index (Phi) is 6.88. The Morgan fingerprint density at radius 2 is 1.86 bits per heavy atom. The van der Waals surface area contributed by atoms with Crippen LogP contribution in [0.3, 0.4) is 0 Å². The van der Waals surface area contributed by atoms with Crippen LogP contribution in [0.5, 0.6) is 0 Å². The predicted octanol–water partition coefficient (Wildman–Crippen LogP) is 3.77. The van der Waals surface area contributed by atoms with Gasteiger partial charge in [0.25, 0.3) is 0 Å². The lowest BCUT2D eigenvalue weighted by Crippen LogP contribution is -2.33. The Hall–Kier alpha value is -2.86. The molecule has 2 aromatic carbocycles. The minimum atomic E-state index is -0.385. The van der Waals surface area contributed by atoms with Gasteiger partial charge in [0, 0.05) is 25.0 Å². The molecule has 0 saturated carbocycles. The number of halogens is 1. The first-order chi connectivity index (χ1) is 13.9. The summed E-state index contributed by atoms with van der Waals surface area (Å²) < 4.78 is 2.16. The summed E-state index contributed by atoms with van der Waals surface area (Å²) in [6.45, 7) is 4.76. The predicted molar refractivity (Wildman–Crippen MR) is 115 cm³/mol. The molecule has 0 bridgehead atoms. The molecule has 0 aliphatic rings. The largest absolute Gasteiger partial charge is 0.356 e. The third-order valence-electron chi connectivity index (χ3n) is 4.77. The second-order valence-electron chi connectivity index (χ2n) is 7.01. The number of amides is 2. The number of nitrogens with zero attached hydrogens (tertiary/aromatic N) is 2. The number of hydrogen-bond acceptors (Lipinski definition) is 3. The first-order valence-electron chi connectivity index (χ1n) is 9.65. The molecule has 0 radical (unpaired) electrons. The van der Waals surface area contributed by atoms with E-state index in [2.05, 4.69) is 26.3 Å². The standard InChI is InChI=1S/C22H25ClN4O2/c1-15-25-19-6-3-4-7-21(19)27(15)13-5-12-24-22(29)14-20(26-16(2)28)17-8-10-18(23)11-9-17/h3-4,6-11,20H,5,12-14H2,1-2H3,(H,24,29)(H,26,28). The van der Waals surface area contributed by atoms with Crippen molar-refractivity contribution in [3.8, 4) is 0 Å². The van der Waals surface area contributed by atoms with Crippen LogP contribution in [0, 0.1) is 6.92 Å². The van der Waals surface area contributed by atoms with Gasteiger partial charge in [0.05, 0.1) is 23.5 Å². The molecule has 1 heterocycles. The molecule has 2 amide bonds. The van der Waals surface area contributed by atoms with Crippen molar-refractivity contribution in [1.29, 1.82) is 0 Å². The van der Waals surface area contributed by atoms with Gasteiger partial charge in [-0.3, -0.25) is 9.59 Å². The van der Waals surface area contributed by atoms with Crippen LogP contribution in [-0.2, 0) is 16.1 Å². The van der Waals surface area contributed by atoms with E-state index in [1.165, 1.54) is 6.92 Å². The van der Waals surface area contributed by atoms with E-state index in [9.17, 15) is 9.59 Å². The minimum Gasteiger partial charge on any atom is -0.356 e. The van der Waals surface area contributed by atoms with Crippen LogP contribution >= 0.6 is 11.6 Å². The van der Waals surface area contributed by atoms with Crippen LogP contribution in [-0.4, -0.2) is 27.9 Å². The van der Waals surface area contributed by atoms with Gasteiger partial charge in [0.2, 0.25) is 11.8 Å². The number of fused-ring (bicyclic) bond motifs is 1. The van der Waals surface area contributed by atoms with Crippen LogP contribution in [0.15, 0.2) is 48.5 Å². The number of carbonyl (C=O) groups excluding carboxylic acids is 2. The highest BCUT2D eigenvalue weighted by atomic mass is 35.5. The van der Waals surface area contributed by atoms with E-state index >= 15 is 0 Å². The molecule has 0 spiro atoms. The lowest BCUT2D eigenvalue weighted by molar-refractivity contribution is -0.122. The molecule has 29 heavy (non-hydrogen) atoms. The van der Waals surface area contributed by atoms with Gasteiger partial charge < -0.3 is 15.2 Å². The molecule has 0 fully saturated rings. The summed E-state index contributed by atoms with van der Waals surface area (Å²) in [5, 5.41) is 6.39. The molecule has 0 aliphatic carbocycles. The molecule has 3 rings (SSSR count). The topological polar surface area (TPSA) is 76.0 Å². The maximum atomic E-state index is 12.4. The van der Waals surface area contributed by atoms with Crippen molar-refractivity contribution in [3.63, 3.8) is 0 Å². The van der Waals surface area contributed by atoms with Gasteiger partial charge in [-0.25, -0.2) is 4.98 Å². The normalized spacial score (nSPS) is 12.0. The van der Waals surface area contributed by atoms with Gasteiger partial charge in [0.1, 0.15) is 5.82 Å². The highest BCUT2D eigenvalue weighted by Gasteiger charge is 2.17. The number of aryl methyl sites for hydroxylation is 2. The SMILES string of the molecule is CC(=O)NC(CC(=O)NCCCn1c(C)nc2ccccc21)c1ccc(Cl)cc1. The number of rotatable bonds is 8. The highest BCUT2D eigenvalue weighted by molar-refractivity contribution is 6.30. The summed E-state index contributed by atoms with van der Waals surface area (Å²) in [5.41, 5.74) is 2.93. The number of benzene rings is 2. The molecule has 0 saturated heterocycles. The quantitative estimate of drug-likeness (QED) is 0.553. The van der Waals surface area contributed by atoms with E-state index in [1.54, 1.807) is 12.1 Å². The Morgan fingerprint density at radius 3 is 2.59 bits per heavy atom. The fourth-order valence-electron chi connectivity index (χ4n) is 3.39. The summed E-state index contributed by atoms with van der Waals surface area (Å²) in [7, 11) is 0. The smallest absolute Gasteiger partial charge is 0.222 e. The van der Waals surface area contributed by atoms with Crippen molar-refractivity contribution in [1.82, 2.24) is 20.2 Å². The molecule has 7 heteroatoms. The Morgan fingerprint density at radius 1 is 1.14 bits per heavy atom. The second-order valence-corrected chi connectivity index (χ2v) is 7.45. The maximum Gasteiger partial charge on any atom is 0.222 e. The van der Waals surface area contributed by atoms with Crippen molar-refractivity contribution < 1.29 is 9.59 Å². The number of carbonyl (C=O) groups is 2. The third-order valence-corrected chi connectivity index (χ3v) is 5.02. The van der Waals surface area contributed by atoms with Crippen LogP contribution in [0.1, 0.15) is 37.2 Å². The summed E-state index contributed by atoms with van der Waals surface area (Å²) in [4.78, 5) is 28.5. The van der Waals surface area contributed by atoms with Gasteiger partial charge in [-0.15, -0.1) is 0 Å². The molecule has 152 valence electrons. The zero-order valence-electron chi connectivity index (χ0n) is 16.6. The van der Waals surface area contributed by atoms with Crippen LogP contribution in [0.25, 0.3) is 11.0 Å². The van der Waals surface area contributed by atoms with Crippen molar-refractivity contribution in [2.75, 3.05) is 6.54 Å². The molecular formula is C22H25ClN4O2. The lowest BCUT2D eigenvalue weighted by Gasteiger charge is -2.18. The molecule has 1 aromatic heterocycles. The Bertz CT molecular complexity index is 998. The van der Waals surface area contributed by atoms with Gasteiger partial charge >= 0.3 is 0 Å². The second kappa shape index (κ2) is 9.56. The molecule has 0 aliphatic heterocycles.